The van der Waals surface area contributed by atoms with Crippen molar-refractivity contribution < 1.29 is 0 Å². The van der Waals surface area contributed by atoms with Crippen molar-refractivity contribution in [1.82, 2.24) is 10.3 Å². The molecule has 2 rings (SSSR count). The number of para-hydroxylation sites is 1. The lowest BCUT2D eigenvalue weighted by atomic mass is 9.88. The zero-order chi connectivity index (χ0) is 13.2. The summed E-state index contributed by atoms with van der Waals surface area (Å²) in [7, 11) is 2.04. The predicted molar refractivity (Wildman–Crippen MR) is 81.3 cm³/mol. The first-order valence-corrected chi connectivity index (χ1v) is 7.37. The zero-order valence-corrected chi connectivity index (χ0v) is 12.4. The Hall–Kier alpha value is -0.930. The SMILES string of the molecule is CNC(CSc1cc2ccccc2[nH]1)C(C)(C)C. The van der Waals surface area contributed by atoms with Gasteiger partial charge >= 0.3 is 0 Å². The summed E-state index contributed by atoms with van der Waals surface area (Å²) in [4.78, 5) is 3.46. The van der Waals surface area contributed by atoms with E-state index in [1.54, 1.807) is 0 Å². The van der Waals surface area contributed by atoms with Crippen molar-refractivity contribution in [2.45, 2.75) is 31.8 Å². The van der Waals surface area contributed by atoms with Gasteiger partial charge in [0.1, 0.15) is 0 Å². The highest BCUT2D eigenvalue weighted by Gasteiger charge is 2.22. The van der Waals surface area contributed by atoms with Gasteiger partial charge in [-0.05, 0) is 24.6 Å². The molecule has 2 aromatic rings. The molecule has 18 heavy (non-hydrogen) atoms. The summed E-state index contributed by atoms with van der Waals surface area (Å²) >= 11 is 1.89. The minimum Gasteiger partial charge on any atom is -0.350 e. The Kier molecular flexibility index (Phi) is 4.03. The topological polar surface area (TPSA) is 27.8 Å². The molecule has 2 nitrogen and oxygen atoms in total. The normalized spacial score (nSPS) is 14.0. The van der Waals surface area contributed by atoms with Crippen LogP contribution in [0.2, 0.25) is 0 Å². The van der Waals surface area contributed by atoms with E-state index in [-0.39, 0.29) is 5.41 Å². The molecule has 0 spiro atoms. The summed E-state index contributed by atoms with van der Waals surface area (Å²) in [6.45, 7) is 6.83. The number of H-pyrrole nitrogens is 1. The van der Waals surface area contributed by atoms with E-state index in [9.17, 15) is 0 Å². The molecule has 0 saturated carbocycles. The molecular weight excluding hydrogens is 240 g/mol. The fourth-order valence-corrected chi connectivity index (χ4v) is 3.47. The molecule has 0 aliphatic carbocycles. The van der Waals surface area contributed by atoms with Gasteiger partial charge in [-0.2, -0.15) is 0 Å². The van der Waals surface area contributed by atoms with Gasteiger partial charge in [-0.25, -0.2) is 0 Å². The summed E-state index contributed by atoms with van der Waals surface area (Å²) in [5, 5.41) is 5.95. The summed E-state index contributed by atoms with van der Waals surface area (Å²) in [5.41, 5.74) is 1.50. The van der Waals surface area contributed by atoms with E-state index in [4.69, 9.17) is 0 Å². The molecule has 1 aromatic carbocycles. The number of rotatable bonds is 4. The second-order valence-corrected chi connectivity index (χ2v) is 6.80. The van der Waals surface area contributed by atoms with Gasteiger partial charge in [0, 0.05) is 22.7 Å². The van der Waals surface area contributed by atoms with Crippen LogP contribution in [0.25, 0.3) is 10.9 Å². The average Bonchev–Trinajstić information content (AvgIpc) is 2.70. The minimum absolute atomic E-state index is 0.285. The molecule has 1 aromatic heterocycles. The highest BCUT2D eigenvalue weighted by Crippen LogP contribution is 2.28. The standard InChI is InChI=1S/C15H22N2S/c1-15(2,3)13(16-4)10-18-14-9-11-7-5-6-8-12(11)17-14/h5-9,13,16-17H,10H2,1-4H3. The molecule has 3 heteroatoms. The maximum absolute atomic E-state index is 3.46. The smallest absolute Gasteiger partial charge is 0.0733 e. The number of fused-ring (bicyclic) bond motifs is 1. The molecule has 0 saturated heterocycles. The van der Waals surface area contributed by atoms with Gasteiger partial charge in [0.05, 0.1) is 5.03 Å². The van der Waals surface area contributed by atoms with Crippen molar-refractivity contribution in [1.29, 1.82) is 0 Å². The summed E-state index contributed by atoms with van der Waals surface area (Å²) < 4.78 is 0. The van der Waals surface area contributed by atoms with Crippen LogP contribution in [0.15, 0.2) is 35.4 Å². The van der Waals surface area contributed by atoms with Crippen LogP contribution in [0.4, 0.5) is 0 Å². The van der Waals surface area contributed by atoms with Crippen LogP contribution in [0.3, 0.4) is 0 Å². The first-order chi connectivity index (χ1) is 8.50. The lowest BCUT2D eigenvalue weighted by Crippen LogP contribution is -2.40. The van der Waals surface area contributed by atoms with Crippen LogP contribution in [0.1, 0.15) is 20.8 Å². The molecule has 0 amide bonds. The molecule has 1 heterocycles. The van der Waals surface area contributed by atoms with Crippen molar-refractivity contribution >= 4 is 22.7 Å². The largest absolute Gasteiger partial charge is 0.350 e. The number of aromatic nitrogens is 1. The monoisotopic (exact) mass is 262 g/mol. The van der Waals surface area contributed by atoms with Crippen LogP contribution in [0, 0.1) is 5.41 Å². The van der Waals surface area contributed by atoms with Crippen molar-refractivity contribution in [3.63, 3.8) is 0 Å². The van der Waals surface area contributed by atoms with E-state index in [1.807, 2.05) is 18.8 Å². The minimum atomic E-state index is 0.285. The van der Waals surface area contributed by atoms with Gasteiger partial charge in [-0.1, -0.05) is 39.0 Å². The Labute approximate surface area is 114 Å². The lowest BCUT2D eigenvalue weighted by molar-refractivity contribution is 0.305. The fraction of sp³-hybridized carbons (Fsp3) is 0.467. The molecule has 0 radical (unpaired) electrons. The van der Waals surface area contributed by atoms with Crippen molar-refractivity contribution in [3.8, 4) is 0 Å². The van der Waals surface area contributed by atoms with E-state index in [2.05, 4.69) is 61.4 Å². The molecule has 0 bridgehead atoms. The third-order valence-electron chi connectivity index (χ3n) is 3.30. The van der Waals surface area contributed by atoms with Crippen LogP contribution in [-0.2, 0) is 0 Å². The zero-order valence-electron chi connectivity index (χ0n) is 11.6. The van der Waals surface area contributed by atoms with Gasteiger partial charge in [0.15, 0.2) is 0 Å². The maximum atomic E-state index is 3.46. The Morgan fingerprint density at radius 1 is 1.28 bits per heavy atom. The van der Waals surface area contributed by atoms with Gasteiger partial charge in [-0.15, -0.1) is 11.8 Å². The number of benzene rings is 1. The number of nitrogens with one attached hydrogen (secondary N) is 2. The molecule has 2 N–H and O–H groups in total. The molecular formula is C15H22N2S. The van der Waals surface area contributed by atoms with Crippen LogP contribution in [-0.4, -0.2) is 23.8 Å². The van der Waals surface area contributed by atoms with E-state index in [0.717, 1.165) is 5.75 Å². The van der Waals surface area contributed by atoms with Crippen LogP contribution in [0.5, 0.6) is 0 Å². The van der Waals surface area contributed by atoms with Crippen LogP contribution < -0.4 is 5.32 Å². The van der Waals surface area contributed by atoms with Crippen molar-refractivity contribution in [2.24, 2.45) is 5.41 Å². The quantitative estimate of drug-likeness (QED) is 0.818. The summed E-state index contributed by atoms with van der Waals surface area (Å²) in [6.07, 6.45) is 0. The third-order valence-corrected chi connectivity index (χ3v) is 4.34. The maximum Gasteiger partial charge on any atom is 0.0733 e. The van der Waals surface area contributed by atoms with E-state index in [0.29, 0.717) is 6.04 Å². The van der Waals surface area contributed by atoms with Crippen LogP contribution >= 0.6 is 11.8 Å². The molecule has 1 unspecified atom stereocenters. The highest BCUT2D eigenvalue weighted by molar-refractivity contribution is 7.99. The predicted octanol–water partition coefficient (Wildman–Crippen LogP) is 3.89. The fourth-order valence-electron chi connectivity index (χ4n) is 2.06. The Morgan fingerprint density at radius 3 is 2.61 bits per heavy atom. The second-order valence-electron chi connectivity index (χ2n) is 5.74. The molecule has 0 fully saturated rings. The van der Waals surface area contributed by atoms with Gasteiger partial charge in [-0.3, -0.25) is 0 Å². The van der Waals surface area contributed by atoms with Gasteiger partial charge in [0.25, 0.3) is 0 Å². The highest BCUT2D eigenvalue weighted by atomic mass is 32.2. The molecule has 98 valence electrons. The molecule has 0 aliphatic rings. The van der Waals surface area contributed by atoms with Crippen molar-refractivity contribution in [2.75, 3.05) is 12.8 Å². The third kappa shape index (κ3) is 3.09. The Balaban J connectivity index is 2.05. The van der Waals surface area contributed by atoms with Gasteiger partial charge in [0.2, 0.25) is 0 Å². The molecule has 0 aliphatic heterocycles. The Bertz CT molecular complexity index is 477. The summed E-state index contributed by atoms with van der Waals surface area (Å²) in [6, 6.07) is 11.2. The van der Waals surface area contributed by atoms with Gasteiger partial charge < -0.3 is 10.3 Å². The first-order valence-electron chi connectivity index (χ1n) is 6.38. The number of hydrogen-bond acceptors (Lipinski definition) is 2. The molecule has 1 atom stereocenters. The average molecular weight is 262 g/mol. The van der Waals surface area contributed by atoms with Crippen molar-refractivity contribution in [3.05, 3.63) is 30.3 Å². The van der Waals surface area contributed by atoms with E-state index in [1.165, 1.54) is 15.9 Å². The number of hydrogen-bond donors (Lipinski definition) is 2. The number of thioether (sulfide) groups is 1. The second kappa shape index (κ2) is 5.37. The van der Waals surface area contributed by atoms with E-state index >= 15 is 0 Å². The first kappa shape index (κ1) is 13.5. The lowest BCUT2D eigenvalue weighted by Gasteiger charge is -2.29. The summed E-state index contributed by atoms with van der Waals surface area (Å²) in [5.74, 6) is 1.08. The number of aromatic amines is 1. The van der Waals surface area contributed by atoms with E-state index < -0.39 is 0 Å². The Morgan fingerprint density at radius 2 is 2.00 bits per heavy atom.